The highest BCUT2D eigenvalue weighted by Crippen LogP contribution is 2.28. The van der Waals surface area contributed by atoms with E-state index in [9.17, 15) is 13.2 Å². The fraction of sp³-hybridized carbons (Fsp3) is 0.238. The first-order chi connectivity index (χ1) is 13.9. The molecule has 1 N–H and O–H groups in total. The smallest absolute Gasteiger partial charge is 0.257 e. The number of hydrogen-bond acceptors (Lipinski definition) is 5. The topological polar surface area (TPSA) is 79.4 Å². The van der Waals surface area contributed by atoms with Crippen molar-refractivity contribution in [1.29, 1.82) is 0 Å². The molecule has 1 aromatic heterocycles. The molecule has 1 aliphatic heterocycles. The standard InChI is InChI=1S/C21H21N3O3S2/c1-15-5-4-6-17(13-15)20(25)23-21-22-19(14-28-21)16-7-9-18(10-8-16)29(26,27)24-11-2-3-12-24/h4-10,13-14H,2-3,11-12H2,1H3,(H,22,23,25). The van der Waals surface area contributed by atoms with Crippen molar-refractivity contribution in [2.75, 3.05) is 18.4 Å². The van der Waals surface area contributed by atoms with Crippen molar-refractivity contribution in [3.05, 3.63) is 65.0 Å². The first kappa shape index (κ1) is 19.8. The van der Waals surface area contributed by atoms with Gasteiger partial charge in [0, 0.05) is 29.6 Å². The fourth-order valence-electron chi connectivity index (χ4n) is 3.29. The Morgan fingerprint density at radius 1 is 1.10 bits per heavy atom. The van der Waals surface area contributed by atoms with Crippen LogP contribution in [0.1, 0.15) is 28.8 Å². The molecule has 0 bridgehead atoms. The minimum Gasteiger partial charge on any atom is -0.298 e. The van der Waals surface area contributed by atoms with Gasteiger partial charge in [-0.2, -0.15) is 4.31 Å². The number of carbonyl (C=O) groups is 1. The maximum absolute atomic E-state index is 12.6. The normalized spacial score (nSPS) is 14.8. The van der Waals surface area contributed by atoms with E-state index in [0.29, 0.717) is 34.4 Å². The van der Waals surface area contributed by atoms with Crippen molar-refractivity contribution >= 4 is 32.4 Å². The van der Waals surface area contributed by atoms with Gasteiger partial charge in [-0.3, -0.25) is 10.1 Å². The molecule has 0 saturated carbocycles. The van der Waals surface area contributed by atoms with E-state index < -0.39 is 10.0 Å². The highest BCUT2D eigenvalue weighted by molar-refractivity contribution is 7.89. The summed E-state index contributed by atoms with van der Waals surface area (Å²) in [6, 6.07) is 14.1. The maximum atomic E-state index is 12.6. The summed E-state index contributed by atoms with van der Waals surface area (Å²) >= 11 is 1.33. The molecule has 1 amide bonds. The van der Waals surface area contributed by atoms with Crippen molar-refractivity contribution in [3.63, 3.8) is 0 Å². The van der Waals surface area contributed by atoms with E-state index in [4.69, 9.17) is 0 Å². The third kappa shape index (κ3) is 4.24. The fourth-order valence-corrected chi connectivity index (χ4v) is 5.53. The molecule has 1 fully saturated rings. The molecule has 2 aromatic carbocycles. The van der Waals surface area contributed by atoms with Crippen molar-refractivity contribution < 1.29 is 13.2 Å². The summed E-state index contributed by atoms with van der Waals surface area (Å²) in [6.07, 6.45) is 1.82. The minimum atomic E-state index is -3.42. The highest BCUT2D eigenvalue weighted by Gasteiger charge is 2.27. The molecule has 0 atom stereocenters. The van der Waals surface area contributed by atoms with Crippen LogP contribution in [0, 0.1) is 6.92 Å². The molecule has 1 aliphatic rings. The maximum Gasteiger partial charge on any atom is 0.257 e. The van der Waals surface area contributed by atoms with E-state index in [1.165, 1.54) is 15.6 Å². The van der Waals surface area contributed by atoms with Crippen molar-refractivity contribution in [1.82, 2.24) is 9.29 Å². The number of nitrogens with one attached hydrogen (secondary N) is 1. The largest absolute Gasteiger partial charge is 0.298 e. The van der Waals surface area contributed by atoms with Gasteiger partial charge >= 0.3 is 0 Å². The Balaban J connectivity index is 1.49. The van der Waals surface area contributed by atoms with Crippen LogP contribution in [0.25, 0.3) is 11.3 Å². The SMILES string of the molecule is Cc1cccc(C(=O)Nc2nc(-c3ccc(S(=O)(=O)N4CCCC4)cc3)cs2)c1. The lowest BCUT2D eigenvalue weighted by atomic mass is 10.1. The zero-order valence-corrected chi connectivity index (χ0v) is 17.6. The van der Waals surface area contributed by atoms with E-state index in [0.717, 1.165) is 24.0 Å². The predicted molar refractivity (Wildman–Crippen MR) is 115 cm³/mol. The first-order valence-corrected chi connectivity index (χ1v) is 11.7. The second-order valence-corrected chi connectivity index (χ2v) is 9.79. The number of rotatable bonds is 5. The number of carbonyl (C=O) groups excluding carboxylic acids is 1. The second kappa shape index (κ2) is 8.06. The van der Waals surface area contributed by atoms with Gasteiger partial charge in [0.05, 0.1) is 10.6 Å². The van der Waals surface area contributed by atoms with Crippen LogP contribution in [-0.4, -0.2) is 36.7 Å². The predicted octanol–water partition coefficient (Wildman–Crippen LogP) is 4.16. The van der Waals surface area contributed by atoms with Gasteiger partial charge in [-0.1, -0.05) is 29.8 Å². The number of sulfonamides is 1. The number of thiazole rings is 1. The molecular weight excluding hydrogens is 406 g/mol. The Morgan fingerprint density at radius 2 is 1.83 bits per heavy atom. The summed E-state index contributed by atoms with van der Waals surface area (Å²) in [4.78, 5) is 17.1. The van der Waals surface area contributed by atoms with Gasteiger partial charge in [-0.05, 0) is 44.0 Å². The number of benzene rings is 2. The Kier molecular flexibility index (Phi) is 5.49. The van der Waals surface area contributed by atoms with Gasteiger partial charge in [-0.25, -0.2) is 13.4 Å². The van der Waals surface area contributed by atoms with Crippen LogP contribution in [0.3, 0.4) is 0 Å². The average Bonchev–Trinajstić information content (AvgIpc) is 3.41. The number of nitrogens with zero attached hydrogens (tertiary/aromatic N) is 2. The molecule has 4 rings (SSSR count). The molecule has 29 heavy (non-hydrogen) atoms. The van der Waals surface area contributed by atoms with Crippen molar-refractivity contribution in [2.24, 2.45) is 0 Å². The summed E-state index contributed by atoms with van der Waals surface area (Å²) in [5, 5.41) is 5.16. The van der Waals surface area contributed by atoms with E-state index in [-0.39, 0.29) is 5.91 Å². The van der Waals surface area contributed by atoms with E-state index >= 15 is 0 Å². The molecule has 0 aliphatic carbocycles. The third-order valence-electron chi connectivity index (χ3n) is 4.86. The van der Waals surface area contributed by atoms with Crippen LogP contribution in [0.4, 0.5) is 5.13 Å². The van der Waals surface area contributed by atoms with Crippen LogP contribution in [0.2, 0.25) is 0 Å². The average molecular weight is 428 g/mol. The third-order valence-corrected chi connectivity index (χ3v) is 7.53. The van der Waals surface area contributed by atoms with Crippen LogP contribution in [0.15, 0.2) is 58.8 Å². The number of amides is 1. The molecule has 3 aromatic rings. The van der Waals surface area contributed by atoms with Gasteiger partial charge in [0.2, 0.25) is 10.0 Å². The second-order valence-electron chi connectivity index (χ2n) is 7.00. The molecule has 0 unspecified atom stereocenters. The van der Waals surface area contributed by atoms with E-state index in [1.54, 1.807) is 30.3 Å². The summed E-state index contributed by atoms with van der Waals surface area (Å²) in [6.45, 7) is 3.10. The first-order valence-electron chi connectivity index (χ1n) is 9.38. The summed E-state index contributed by atoms with van der Waals surface area (Å²) < 4.78 is 26.8. The highest BCUT2D eigenvalue weighted by atomic mass is 32.2. The van der Waals surface area contributed by atoms with Crippen LogP contribution in [-0.2, 0) is 10.0 Å². The Hall–Kier alpha value is -2.55. The van der Waals surface area contributed by atoms with Crippen LogP contribution >= 0.6 is 11.3 Å². The molecule has 0 spiro atoms. The molecule has 150 valence electrons. The van der Waals surface area contributed by atoms with Crippen LogP contribution < -0.4 is 5.32 Å². The lowest BCUT2D eigenvalue weighted by Crippen LogP contribution is -2.27. The zero-order valence-electron chi connectivity index (χ0n) is 16.0. The molecule has 2 heterocycles. The quantitative estimate of drug-likeness (QED) is 0.663. The monoisotopic (exact) mass is 427 g/mol. The van der Waals surface area contributed by atoms with Gasteiger partial charge < -0.3 is 0 Å². The van der Waals surface area contributed by atoms with Crippen molar-refractivity contribution in [3.8, 4) is 11.3 Å². The van der Waals surface area contributed by atoms with Crippen LogP contribution in [0.5, 0.6) is 0 Å². The molecule has 8 heteroatoms. The molecule has 6 nitrogen and oxygen atoms in total. The Bertz CT molecular complexity index is 1130. The van der Waals surface area contributed by atoms with E-state index in [2.05, 4.69) is 10.3 Å². The summed E-state index contributed by atoms with van der Waals surface area (Å²) in [5.41, 5.74) is 3.09. The lowest BCUT2D eigenvalue weighted by Gasteiger charge is -2.15. The van der Waals surface area contributed by atoms with E-state index in [1.807, 2.05) is 30.5 Å². The Morgan fingerprint density at radius 3 is 2.52 bits per heavy atom. The van der Waals surface area contributed by atoms with Gasteiger partial charge in [-0.15, -0.1) is 11.3 Å². The van der Waals surface area contributed by atoms with Gasteiger partial charge in [0.1, 0.15) is 0 Å². The lowest BCUT2D eigenvalue weighted by molar-refractivity contribution is 0.102. The number of aryl methyl sites for hydroxylation is 1. The van der Waals surface area contributed by atoms with Gasteiger partial charge in [0.15, 0.2) is 5.13 Å². The van der Waals surface area contributed by atoms with Gasteiger partial charge in [0.25, 0.3) is 5.91 Å². The number of anilines is 1. The Labute approximate surface area is 174 Å². The minimum absolute atomic E-state index is 0.207. The summed E-state index contributed by atoms with van der Waals surface area (Å²) in [5.74, 6) is -0.207. The molecular formula is C21H21N3O3S2. The number of aromatic nitrogens is 1. The van der Waals surface area contributed by atoms with Crippen molar-refractivity contribution in [2.45, 2.75) is 24.7 Å². The number of hydrogen-bond donors (Lipinski definition) is 1. The molecule has 1 saturated heterocycles. The zero-order chi connectivity index (χ0) is 20.4. The molecule has 0 radical (unpaired) electrons. The summed E-state index contributed by atoms with van der Waals surface area (Å²) in [7, 11) is -3.42.